The summed E-state index contributed by atoms with van der Waals surface area (Å²) in [6, 6.07) is 5.43. The summed E-state index contributed by atoms with van der Waals surface area (Å²) in [7, 11) is 2.67. The van der Waals surface area contributed by atoms with Crippen molar-refractivity contribution in [3.63, 3.8) is 0 Å². The number of methoxy groups -OCH3 is 2. The molecular weight excluding hydrogens is 558 g/mol. The largest absolute Gasteiger partial charge is 0.496 e. The first kappa shape index (κ1) is 30.9. The molecule has 0 N–H and O–H groups in total. The van der Waals surface area contributed by atoms with Crippen molar-refractivity contribution < 1.29 is 37.3 Å². The molecule has 0 spiro atoms. The summed E-state index contributed by atoms with van der Waals surface area (Å²) in [5, 5.41) is 0.208. The SMILES string of the molecule is COC(=O)c1ccc([C@@H]2C[C@@H](OCC3CC3)CCN2C(F)(F)c2c(OC)cc(C)c3c2ccn3C(=O)OC(C)(C)C)cc1. The molecule has 3 aromatic rings. The highest BCUT2D eigenvalue weighted by Crippen LogP contribution is 2.49. The van der Waals surface area contributed by atoms with E-state index in [4.69, 9.17) is 18.9 Å². The van der Waals surface area contributed by atoms with Crippen LogP contribution in [-0.2, 0) is 20.3 Å². The average Bonchev–Trinajstić information content (AvgIpc) is 3.69. The predicted octanol–water partition coefficient (Wildman–Crippen LogP) is 7.21. The Labute approximate surface area is 250 Å². The number of esters is 1. The molecule has 232 valence electrons. The van der Waals surface area contributed by atoms with Crippen LogP contribution in [0.2, 0.25) is 0 Å². The van der Waals surface area contributed by atoms with Crippen LogP contribution in [0.25, 0.3) is 10.9 Å². The summed E-state index contributed by atoms with van der Waals surface area (Å²) >= 11 is 0. The fraction of sp³-hybridized carbons (Fsp3) is 0.515. The van der Waals surface area contributed by atoms with Crippen LogP contribution < -0.4 is 4.74 Å². The number of piperidine rings is 1. The molecule has 0 unspecified atom stereocenters. The first-order valence-electron chi connectivity index (χ1n) is 14.7. The highest BCUT2D eigenvalue weighted by Gasteiger charge is 2.49. The number of alkyl halides is 2. The van der Waals surface area contributed by atoms with E-state index >= 15 is 8.78 Å². The summed E-state index contributed by atoms with van der Waals surface area (Å²) in [6.07, 6.45) is 3.72. The van der Waals surface area contributed by atoms with Gasteiger partial charge in [-0.15, -0.1) is 0 Å². The van der Waals surface area contributed by atoms with Gasteiger partial charge in [-0.2, -0.15) is 8.78 Å². The van der Waals surface area contributed by atoms with E-state index in [1.54, 1.807) is 52.0 Å². The number of rotatable bonds is 8. The molecule has 5 rings (SSSR count). The Morgan fingerprint density at radius 1 is 1.02 bits per heavy atom. The molecule has 10 heteroatoms. The standard InChI is InChI=1S/C33H40F2N2O6/c1-20-17-27(40-5)28(25-14-15-36(29(20)25)31(39)43-32(2,3)4)33(34,35)37-16-13-24(42-19-21-7-8-21)18-26(37)22-9-11-23(12-10-22)30(38)41-6/h9-12,14-15,17,21,24,26H,7-8,13,16,18-19H2,1-6H3/t24-,26-/m0/s1. The number of hydrogen-bond acceptors (Lipinski definition) is 7. The number of aromatic nitrogens is 1. The molecule has 2 aliphatic rings. The van der Waals surface area contributed by atoms with Gasteiger partial charge in [-0.25, -0.2) is 14.5 Å². The van der Waals surface area contributed by atoms with Gasteiger partial charge >= 0.3 is 18.1 Å². The Bertz CT molecular complexity index is 1490. The summed E-state index contributed by atoms with van der Waals surface area (Å²) in [5.41, 5.74) is 0.846. The number of ether oxygens (including phenoxy) is 4. The van der Waals surface area contributed by atoms with Crippen molar-refractivity contribution in [1.82, 2.24) is 9.47 Å². The van der Waals surface area contributed by atoms with Gasteiger partial charge in [0.25, 0.3) is 0 Å². The highest BCUT2D eigenvalue weighted by molar-refractivity contribution is 5.95. The monoisotopic (exact) mass is 598 g/mol. The normalized spacial score (nSPS) is 19.8. The van der Waals surface area contributed by atoms with Gasteiger partial charge in [0, 0.05) is 30.8 Å². The zero-order valence-corrected chi connectivity index (χ0v) is 25.6. The molecule has 43 heavy (non-hydrogen) atoms. The number of nitrogens with zero attached hydrogens (tertiary/aromatic N) is 2. The van der Waals surface area contributed by atoms with E-state index in [9.17, 15) is 9.59 Å². The fourth-order valence-electron chi connectivity index (χ4n) is 5.84. The van der Waals surface area contributed by atoms with Gasteiger partial charge in [-0.3, -0.25) is 4.57 Å². The quantitative estimate of drug-likeness (QED) is 0.200. The van der Waals surface area contributed by atoms with Crippen LogP contribution in [0, 0.1) is 12.8 Å². The van der Waals surface area contributed by atoms with Crippen LogP contribution in [-0.4, -0.2) is 60.6 Å². The minimum atomic E-state index is -3.50. The Kier molecular flexibility index (Phi) is 8.55. The second-order valence-electron chi connectivity index (χ2n) is 12.5. The van der Waals surface area contributed by atoms with Gasteiger partial charge in [0.2, 0.25) is 0 Å². The number of halogens is 2. The number of carbonyl (C=O) groups is 2. The van der Waals surface area contributed by atoms with Crippen LogP contribution in [0.4, 0.5) is 13.6 Å². The number of aryl methyl sites for hydroxylation is 1. The van der Waals surface area contributed by atoms with Crippen molar-refractivity contribution in [2.45, 2.75) is 77.2 Å². The Balaban J connectivity index is 1.57. The van der Waals surface area contributed by atoms with Crippen LogP contribution in [0.1, 0.15) is 79.5 Å². The molecule has 0 radical (unpaired) electrons. The maximum atomic E-state index is 17.1. The summed E-state index contributed by atoms with van der Waals surface area (Å²) in [5.74, 6) is 0.0875. The molecule has 1 saturated heterocycles. The van der Waals surface area contributed by atoms with Crippen molar-refractivity contribution in [2.24, 2.45) is 5.92 Å². The Hall–Kier alpha value is -3.50. The molecule has 2 heterocycles. The predicted molar refractivity (Wildman–Crippen MR) is 158 cm³/mol. The summed E-state index contributed by atoms with van der Waals surface area (Å²) in [6.45, 7) is 7.71. The van der Waals surface area contributed by atoms with E-state index in [0.29, 0.717) is 47.6 Å². The van der Waals surface area contributed by atoms with E-state index in [-0.39, 0.29) is 29.3 Å². The van der Waals surface area contributed by atoms with Crippen molar-refractivity contribution in [2.75, 3.05) is 27.4 Å². The molecule has 0 amide bonds. The lowest BCUT2D eigenvalue weighted by Crippen LogP contribution is -2.48. The van der Waals surface area contributed by atoms with Crippen molar-refractivity contribution >= 4 is 23.0 Å². The number of benzene rings is 2. The smallest absolute Gasteiger partial charge is 0.419 e. The second-order valence-corrected chi connectivity index (χ2v) is 12.5. The number of likely N-dealkylation sites (tertiary alicyclic amines) is 1. The molecule has 2 aromatic carbocycles. The van der Waals surface area contributed by atoms with Crippen LogP contribution in [0.15, 0.2) is 42.6 Å². The molecule has 1 aliphatic carbocycles. The minimum absolute atomic E-state index is 0.0313. The second kappa shape index (κ2) is 11.9. The lowest BCUT2D eigenvalue weighted by Gasteiger charge is -2.44. The zero-order chi connectivity index (χ0) is 31.1. The van der Waals surface area contributed by atoms with E-state index in [0.717, 1.165) is 12.8 Å². The van der Waals surface area contributed by atoms with Crippen LogP contribution in [0.5, 0.6) is 5.75 Å². The van der Waals surface area contributed by atoms with Crippen molar-refractivity contribution in [3.8, 4) is 5.75 Å². The van der Waals surface area contributed by atoms with Gasteiger partial charge in [0.15, 0.2) is 0 Å². The molecule has 2 atom stereocenters. The van der Waals surface area contributed by atoms with Gasteiger partial charge < -0.3 is 18.9 Å². The lowest BCUT2D eigenvalue weighted by molar-refractivity contribution is -0.196. The van der Waals surface area contributed by atoms with Crippen LogP contribution >= 0.6 is 0 Å². The number of fused-ring (bicyclic) bond motifs is 1. The zero-order valence-electron chi connectivity index (χ0n) is 25.6. The van der Waals surface area contributed by atoms with Gasteiger partial charge in [0.05, 0.1) is 37.0 Å². The van der Waals surface area contributed by atoms with E-state index in [1.165, 1.54) is 42.0 Å². The first-order valence-corrected chi connectivity index (χ1v) is 14.7. The van der Waals surface area contributed by atoms with Gasteiger partial charge in [-0.1, -0.05) is 12.1 Å². The Morgan fingerprint density at radius 3 is 2.33 bits per heavy atom. The highest BCUT2D eigenvalue weighted by atomic mass is 19.3. The van der Waals surface area contributed by atoms with Crippen LogP contribution in [0.3, 0.4) is 0 Å². The van der Waals surface area contributed by atoms with E-state index < -0.39 is 29.8 Å². The molecule has 1 aliphatic heterocycles. The number of hydrogen-bond donors (Lipinski definition) is 0. The maximum absolute atomic E-state index is 17.1. The maximum Gasteiger partial charge on any atom is 0.419 e. The number of carbonyl (C=O) groups excluding carboxylic acids is 2. The average molecular weight is 599 g/mol. The molecular formula is C33H40F2N2O6. The molecule has 0 bridgehead atoms. The molecule has 8 nitrogen and oxygen atoms in total. The summed E-state index contributed by atoms with van der Waals surface area (Å²) < 4.78 is 57.5. The summed E-state index contributed by atoms with van der Waals surface area (Å²) in [4.78, 5) is 26.3. The van der Waals surface area contributed by atoms with Crippen molar-refractivity contribution in [3.05, 3.63) is 64.8 Å². The van der Waals surface area contributed by atoms with E-state index in [2.05, 4.69) is 0 Å². The Morgan fingerprint density at radius 2 is 1.72 bits per heavy atom. The van der Waals surface area contributed by atoms with E-state index in [1.807, 2.05) is 0 Å². The van der Waals surface area contributed by atoms with Crippen molar-refractivity contribution in [1.29, 1.82) is 0 Å². The molecule has 1 saturated carbocycles. The third kappa shape index (κ3) is 6.40. The molecule has 1 aromatic heterocycles. The third-order valence-electron chi connectivity index (χ3n) is 8.13. The third-order valence-corrected chi connectivity index (χ3v) is 8.13. The molecule has 2 fully saturated rings. The first-order chi connectivity index (χ1) is 20.3. The van der Waals surface area contributed by atoms with Gasteiger partial charge in [-0.05, 0) is 94.7 Å². The van der Waals surface area contributed by atoms with Gasteiger partial charge in [0.1, 0.15) is 11.4 Å². The topological polar surface area (TPSA) is 79.2 Å². The fourth-order valence-corrected chi connectivity index (χ4v) is 5.84. The minimum Gasteiger partial charge on any atom is -0.496 e. The lowest BCUT2D eigenvalue weighted by atomic mass is 9.90.